The molecule has 0 unspecified atom stereocenters. The van der Waals surface area contributed by atoms with Crippen LogP contribution in [0.3, 0.4) is 0 Å². The third-order valence-electron chi connectivity index (χ3n) is 2.27. The summed E-state index contributed by atoms with van der Waals surface area (Å²) in [5.74, 6) is -1.31. The highest BCUT2D eigenvalue weighted by Crippen LogP contribution is 2.16. The lowest BCUT2D eigenvalue weighted by Gasteiger charge is -2.29. The fraction of sp³-hybridized carbons (Fsp3) is 0.800. The van der Waals surface area contributed by atoms with Gasteiger partial charge in [-0.2, -0.15) is 0 Å². The number of hydrogen-bond acceptors (Lipinski definition) is 4. The fourth-order valence-corrected chi connectivity index (χ4v) is 1.13. The van der Waals surface area contributed by atoms with E-state index < -0.39 is 11.4 Å². The van der Waals surface area contributed by atoms with Crippen LogP contribution >= 0.6 is 0 Å². The van der Waals surface area contributed by atoms with Gasteiger partial charge in [0.2, 0.25) is 5.91 Å². The second-order valence-electron chi connectivity index (χ2n) is 4.20. The molecule has 6 nitrogen and oxygen atoms in total. The highest BCUT2D eigenvalue weighted by molar-refractivity contribution is 5.85. The van der Waals surface area contributed by atoms with E-state index in [1.54, 1.807) is 13.8 Å². The average molecular weight is 232 g/mol. The van der Waals surface area contributed by atoms with E-state index >= 15 is 0 Å². The highest BCUT2D eigenvalue weighted by atomic mass is 16.5. The molecule has 6 heteroatoms. The summed E-state index contributed by atoms with van der Waals surface area (Å²) >= 11 is 0. The summed E-state index contributed by atoms with van der Waals surface area (Å²) in [7, 11) is 1.50. The molecule has 0 rings (SSSR count). The van der Waals surface area contributed by atoms with Gasteiger partial charge in [0.15, 0.2) is 0 Å². The maximum Gasteiger partial charge on any atom is 0.323 e. The smallest absolute Gasteiger partial charge is 0.323 e. The van der Waals surface area contributed by atoms with Crippen molar-refractivity contribution in [3.8, 4) is 0 Å². The van der Waals surface area contributed by atoms with Gasteiger partial charge in [-0.05, 0) is 13.8 Å². The molecule has 0 heterocycles. The number of carboxylic acids is 1. The second kappa shape index (κ2) is 6.44. The van der Waals surface area contributed by atoms with Gasteiger partial charge in [0.1, 0.15) is 6.54 Å². The van der Waals surface area contributed by atoms with Crippen LogP contribution in [-0.4, -0.2) is 55.2 Å². The van der Waals surface area contributed by atoms with Crippen LogP contribution in [0.15, 0.2) is 0 Å². The number of nitrogens with zero attached hydrogens (tertiary/aromatic N) is 1. The van der Waals surface area contributed by atoms with Crippen molar-refractivity contribution in [2.45, 2.75) is 13.8 Å². The molecule has 0 aromatic heterocycles. The molecule has 0 aromatic rings. The molecular weight excluding hydrogens is 212 g/mol. The number of hydrogen-bond donors (Lipinski definition) is 2. The maximum absolute atomic E-state index is 12.0. The van der Waals surface area contributed by atoms with Crippen LogP contribution in [0.4, 0.5) is 0 Å². The van der Waals surface area contributed by atoms with Crippen molar-refractivity contribution in [3.05, 3.63) is 0 Å². The summed E-state index contributed by atoms with van der Waals surface area (Å²) < 4.78 is 4.83. The highest BCUT2D eigenvalue weighted by Gasteiger charge is 2.31. The maximum atomic E-state index is 12.0. The van der Waals surface area contributed by atoms with E-state index in [9.17, 15) is 9.59 Å². The molecule has 0 aliphatic rings. The average Bonchev–Trinajstić information content (AvgIpc) is 2.22. The van der Waals surface area contributed by atoms with Gasteiger partial charge >= 0.3 is 5.97 Å². The molecule has 0 bridgehead atoms. The predicted octanol–water partition coefficient (Wildman–Crippen LogP) is -0.469. The first-order chi connectivity index (χ1) is 7.35. The van der Waals surface area contributed by atoms with E-state index in [0.717, 1.165) is 0 Å². The van der Waals surface area contributed by atoms with Gasteiger partial charge in [0.25, 0.3) is 0 Å². The van der Waals surface area contributed by atoms with Crippen LogP contribution in [0.5, 0.6) is 0 Å². The van der Waals surface area contributed by atoms with Crippen molar-refractivity contribution in [1.82, 2.24) is 4.90 Å². The zero-order valence-corrected chi connectivity index (χ0v) is 10.0. The Morgan fingerprint density at radius 3 is 2.38 bits per heavy atom. The van der Waals surface area contributed by atoms with Gasteiger partial charge in [-0.1, -0.05) is 0 Å². The normalized spacial score (nSPS) is 11.2. The topological polar surface area (TPSA) is 92.9 Å². The van der Waals surface area contributed by atoms with Crippen molar-refractivity contribution in [3.63, 3.8) is 0 Å². The minimum absolute atomic E-state index is 0.176. The molecule has 0 aliphatic heterocycles. The number of carbonyl (C=O) groups is 2. The van der Waals surface area contributed by atoms with Gasteiger partial charge in [0.05, 0.1) is 12.0 Å². The Bertz CT molecular complexity index is 253. The fourth-order valence-electron chi connectivity index (χ4n) is 1.13. The molecule has 94 valence electrons. The third kappa shape index (κ3) is 4.59. The minimum Gasteiger partial charge on any atom is -0.480 e. The zero-order chi connectivity index (χ0) is 12.8. The summed E-state index contributed by atoms with van der Waals surface area (Å²) in [6.45, 7) is 3.79. The molecule has 0 spiro atoms. The van der Waals surface area contributed by atoms with E-state index in [-0.39, 0.29) is 25.5 Å². The lowest BCUT2D eigenvalue weighted by molar-refractivity contribution is -0.149. The van der Waals surface area contributed by atoms with Crippen LogP contribution in [0, 0.1) is 5.41 Å². The van der Waals surface area contributed by atoms with Crippen molar-refractivity contribution < 1.29 is 19.4 Å². The predicted molar refractivity (Wildman–Crippen MR) is 58.9 cm³/mol. The molecule has 3 N–H and O–H groups in total. The number of rotatable bonds is 7. The molecule has 0 radical (unpaired) electrons. The van der Waals surface area contributed by atoms with Gasteiger partial charge in [-0.15, -0.1) is 0 Å². The Kier molecular flexibility index (Phi) is 5.98. The molecule has 0 saturated carbocycles. The molecule has 0 atom stereocenters. The number of carbonyl (C=O) groups excluding carboxylic acids is 1. The molecule has 0 aliphatic carbocycles. The molecule has 0 fully saturated rings. The monoisotopic (exact) mass is 232 g/mol. The Balaban J connectivity index is 4.61. The van der Waals surface area contributed by atoms with E-state index in [0.29, 0.717) is 6.61 Å². The standard InChI is InChI=1S/C10H20N2O4/c1-10(2,7-11)9(15)12(4-5-16-3)6-8(13)14/h4-7,11H2,1-3H3,(H,13,14). The first-order valence-corrected chi connectivity index (χ1v) is 5.05. The zero-order valence-electron chi connectivity index (χ0n) is 10.0. The van der Waals surface area contributed by atoms with Crippen LogP contribution in [0.2, 0.25) is 0 Å². The molecule has 0 saturated heterocycles. The number of ether oxygens (including phenoxy) is 1. The van der Waals surface area contributed by atoms with Gasteiger partial charge in [-0.25, -0.2) is 0 Å². The molecular formula is C10H20N2O4. The Morgan fingerprint density at radius 2 is 2.00 bits per heavy atom. The summed E-state index contributed by atoms with van der Waals surface area (Å²) in [6.07, 6.45) is 0. The molecule has 0 aromatic carbocycles. The quantitative estimate of drug-likeness (QED) is 0.619. The number of nitrogens with two attached hydrogens (primary N) is 1. The van der Waals surface area contributed by atoms with Crippen LogP contribution in [0.1, 0.15) is 13.8 Å². The summed E-state index contributed by atoms with van der Waals surface area (Å²) in [4.78, 5) is 23.8. The summed E-state index contributed by atoms with van der Waals surface area (Å²) in [5.41, 5.74) is 4.73. The van der Waals surface area contributed by atoms with Gasteiger partial charge in [0, 0.05) is 20.2 Å². The Hall–Kier alpha value is -1.14. The van der Waals surface area contributed by atoms with E-state index in [2.05, 4.69) is 0 Å². The van der Waals surface area contributed by atoms with Gasteiger partial charge in [-0.3, -0.25) is 9.59 Å². The lowest BCUT2D eigenvalue weighted by atomic mass is 9.92. The second-order valence-corrected chi connectivity index (χ2v) is 4.20. The first kappa shape index (κ1) is 14.9. The summed E-state index contributed by atoms with van der Waals surface area (Å²) in [5, 5.41) is 8.70. The van der Waals surface area contributed by atoms with Crippen LogP contribution < -0.4 is 5.73 Å². The van der Waals surface area contributed by atoms with Crippen molar-refractivity contribution in [1.29, 1.82) is 0 Å². The third-order valence-corrected chi connectivity index (χ3v) is 2.27. The lowest BCUT2D eigenvalue weighted by Crippen LogP contribution is -2.47. The number of carboxylic acid groups (broad SMARTS) is 1. The molecule has 1 amide bonds. The first-order valence-electron chi connectivity index (χ1n) is 5.05. The molecule has 16 heavy (non-hydrogen) atoms. The minimum atomic E-state index is -1.04. The Morgan fingerprint density at radius 1 is 1.44 bits per heavy atom. The summed E-state index contributed by atoms with van der Waals surface area (Å²) in [6, 6.07) is 0. The van der Waals surface area contributed by atoms with E-state index in [1.165, 1.54) is 12.0 Å². The SMILES string of the molecule is COCCN(CC(=O)O)C(=O)C(C)(C)CN. The van der Waals surface area contributed by atoms with Gasteiger partial charge < -0.3 is 20.5 Å². The number of amides is 1. The van der Waals surface area contributed by atoms with E-state index in [4.69, 9.17) is 15.6 Å². The van der Waals surface area contributed by atoms with Crippen molar-refractivity contribution in [2.75, 3.05) is 33.4 Å². The van der Waals surface area contributed by atoms with Crippen LogP contribution in [0.25, 0.3) is 0 Å². The van der Waals surface area contributed by atoms with E-state index in [1.807, 2.05) is 0 Å². The Labute approximate surface area is 95.4 Å². The van der Waals surface area contributed by atoms with Crippen LogP contribution in [-0.2, 0) is 14.3 Å². The van der Waals surface area contributed by atoms with Crippen molar-refractivity contribution in [2.24, 2.45) is 11.1 Å². The largest absolute Gasteiger partial charge is 0.480 e. The number of aliphatic carboxylic acids is 1. The van der Waals surface area contributed by atoms with Crippen molar-refractivity contribution >= 4 is 11.9 Å². The number of methoxy groups -OCH3 is 1.